The summed E-state index contributed by atoms with van der Waals surface area (Å²) in [6.07, 6.45) is 0. The molecule has 19 heavy (non-hydrogen) atoms. The quantitative estimate of drug-likeness (QED) is 0.821. The first-order valence-electron chi connectivity index (χ1n) is 7.22. The summed E-state index contributed by atoms with van der Waals surface area (Å²) >= 11 is 0. The van der Waals surface area contributed by atoms with Gasteiger partial charge < -0.3 is 10.2 Å². The van der Waals surface area contributed by atoms with Crippen molar-refractivity contribution in [2.24, 2.45) is 16.2 Å². The molecule has 0 aliphatic heterocycles. The summed E-state index contributed by atoms with van der Waals surface area (Å²) < 4.78 is 0. The second-order valence-corrected chi connectivity index (χ2v) is 9.20. The molecule has 0 rings (SSSR count). The number of rotatable bonds is 3. The molecule has 0 heterocycles. The van der Waals surface area contributed by atoms with E-state index in [0.29, 0.717) is 6.54 Å². The van der Waals surface area contributed by atoms with Gasteiger partial charge in [0.1, 0.15) is 0 Å². The molecule has 1 N–H and O–H groups in total. The summed E-state index contributed by atoms with van der Waals surface area (Å²) in [5.74, 6) is 0. The molecule has 0 atom stereocenters. The van der Waals surface area contributed by atoms with Crippen molar-refractivity contribution in [3.05, 3.63) is 0 Å². The number of urea groups is 1. The van der Waals surface area contributed by atoms with E-state index in [0.717, 1.165) is 13.1 Å². The highest BCUT2D eigenvalue weighted by Gasteiger charge is 2.26. The molecule has 0 aromatic heterocycles. The molecule has 0 aliphatic rings. The smallest absolute Gasteiger partial charge is 0.317 e. The number of nitrogens with zero attached hydrogens (tertiary/aromatic N) is 1. The van der Waals surface area contributed by atoms with Crippen molar-refractivity contribution in [1.29, 1.82) is 0 Å². The highest BCUT2D eigenvalue weighted by molar-refractivity contribution is 5.74. The summed E-state index contributed by atoms with van der Waals surface area (Å²) in [6, 6.07) is 0.0553. The lowest BCUT2D eigenvalue weighted by Gasteiger charge is -2.35. The van der Waals surface area contributed by atoms with Gasteiger partial charge in [-0.2, -0.15) is 0 Å². The predicted molar refractivity (Wildman–Crippen MR) is 83.3 cm³/mol. The fourth-order valence-electron chi connectivity index (χ4n) is 1.80. The summed E-state index contributed by atoms with van der Waals surface area (Å²) in [7, 11) is 0. The molecular formula is C16H34N2O. The topological polar surface area (TPSA) is 32.3 Å². The van der Waals surface area contributed by atoms with E-state index in [2.05, 4.69) is 67.6 Å². The zero-order valence-corrected chi connectivity index (χ0v) is 14.5. The Morgan fingerprint density at radius 3 is 1.42 bits per heavy atom. The molecule has 0 saturated carbocycles. The molecule has 3 heteroatoms. The maximum atomic E-state index is 12.4. The summed E-state index contributed by atoms with van der Waals surface area (Å²) in [5, 5.41) is 3.05. The monoisotopic (exact) mass is 270 g/mol. The summed E-state index contributed by atoms with van der Waals surface area (Å²) in [4.78, 5) is 14.3. The standard InChI is InChI=1S/C16H34N2O/c1-14(2,3)10-17-13(19)18(11-15(4,5)6)12-16(7,8)9/h10-12H2,1-9H3,(H,17,19). The Balaban J connectivity index is 4.69. The molecule has 0 aromatic carbocycles. The lowest BCUT2D eigenvalue weighted by Crippen LogP contribution is -2.48. The molecule has 0 fully saturated rings. The maximum absolute atomic E-state index is 12.4. The first-order valence-corrected chi connectivity index (χ1v) is 7.22. The van der Waals surface area contributed by atoms with Crippen molar-refractivity contribution >= 4 is 6.03 Å². The van der Waals surface area contributed by atoms with E-state index in [4.69, 9.17) is 0 Å². The van der Waals surface area contributed by atoms with Gasteiger partial charge in [-0.15, -0.1) is 0 Å². The van der Waals surface area contributed by atoms with Crippen LogP contribution in [-0.2, 0) is 0 Å². The van der Waals surface area contributed by atoms with Crippen LogP contribution in [0.25, 0.3) is 0 Å². The van der Waals surface area contributed by atoms with Gasteiger partial charge in [0.05, 0.1) is 0 Å². The minimum atomic E-state index is 0.0553. The SMILES string of the molecule is CC(C)(C)CNC(=O)N(CC(C)(C)C)CC(C)(C)C. The third kappa shape index (κ3) is 10.8. The maximum Gasteiger partial charge on any atom is 0.317 e. The number of nitrogens with one attached hydrogen (secondary N) is 1. The molecule has 0 aliphatic carbocycles. The van der Waals surface area contributed by atoms with Crippen LogP contribution in [0, 0.1) is 16.2 Å². The Kier molecular flexibility index (Phi) is 5.91. The van der Waals surface area contributed by atoms with Gasteiger partial charge in [-0.25, -0.2) is 4.79 Å². The average Bonchev–Trinajstić information content (AvgIpc) is 2.07. The lowest BCUT2D eigenvalue weighted by molar-refractivity contribution is 0.143. The second-order valence-electron chi connectivity index (χ2n) is 9.20. The molecule has 0 bridgehead atoms. The molecule has 0 spiro atoms. The van der Waals surface area contributed by atoms with E-state index in [1.165, 1.54) is 0 Å². The van der Waals surface area contributed by atoms with Crippen LogP contribution in [0.3, 0.4) is 0 Å². The third-order valence-electron chi connectivity index (χ3n) is 2.39. The fraction of sp³-hybridized carbons (Fsp3) is 0.938. The normalized spacial score (nSPS) is 13.3. The van der Waals surface area contributed by atoms with Gasteiger partial charge in [0.15, 0.2) is 0 Å². The Labute approximate surface area is 120 Å². The van der Waals surface area contributed by atoms with E-state index in [1.54, 1.807) is 0 Å². The van der Waals surface area contributed by atoms with E-state index >= 15 is 0 Å². The van der Waals surface area contributed by atoms with Crippen molar-refractivity contribution in [3.63, 3.8) is 0 Å². The molecule has 114 valence electrons. The fourth-order valence-corrected chi connectivity index (χ4v) is 1.80. The zero-order valence-electron chi connectivity index (χ0n) is 14.5. The van der Waals surface area contributed by atoms with E-state index < -0.39 is 0 Å². The van der Waals surface area contributed by atoms with Gasteiger partial charge in [-0.1, -0.05) is 62.3 Å². The zero-order chi connectivity index (χ0) is 15.5. The molecule has 0 saturated heterocycles. The number of hydrogen-bond acceptors (Lipinski definition) is 1. The highest BCUT2D eigenvalue weighted by atomic mass is 16.2. The second kappa shape index (κ2) is 6.15. The van der Waals surface area contributed by atoms with Crippen molar-refractivity contribution in [1.82, 2.24) is 10.2 Å². The van der Waals surface area contributed by atoms with Crippen LogP contribution < -0.4 is 5.32 Å². The van der Waals surface area contributed by atoms with Gasteiger partial charge in [0.25, 0.3) is 0 Å². The highest BCUT2D eigenvalue weighted by Crippen LogP contribution is 2.21. The van der Waals surface area contributed by atoms with E-state index in [1.807, 2.05) is 4.90 Å². The van der Waals surface area contributed by atoms with Crippen LogP contribution in [0.5, 0.6) is 0 Å². The minimum Gasteiger partial charge on any atom is -0.337 e. The van der Waals surface area contributed by atoms with Crippen molar-refractivity contribution in [3.8, 4) is 0 Å². The van der Waals surface area contributed by atoms with Crippen LogP contribution >= 0.6 is 0 Å². The Morgan fingerprint density at radius 2 is 1.16 bits per heavy atom. The van der Waals surface area contributed by atoms with Gasteiger partial charge in [0, 0.05) is 19.6 Å². The molecule has 2 amide bonds. The third-order valence-corrected chi connectivity index (χ3v) is 2.39. The van der Waals surface area contributed by atoms with Crippen LogP contribution in [0.15, 0.2) is 0 Å². The molecular weight excluding hydrogens is 236 g/mol. The summed E-state index contributed by atoms with van der Waals surface area (Å²) in [5.41, 5.74) is 0.347. The molecule has 0 radical (unpaired) electrons. The summed E-state index contributed by atoms with van der Waals surface area (Å²) in [6.45, 7) is 21.6. The first-order chi connectivity index (χ1) is 8.20. The Morgan fingerprint density at radius 1 is 0.789 bits per heavy atom. The first kappa shape index (κ1) is 18.3. The van der Waals surface area contributed by atoms with Crippen LogP contribution in [0.4, 0.5) is 4.79 Å². The predicted octanol–water partition coefficient (Wildman–Crippen LogP) is 4.14. The Hall–Kier alpha value is -0.730. The van der Waals surface area contributed by atoms with Crippen molar-refractivity contribution in [2.75, 3.05) is 19.6 Å². The molecule has 0 unspecified atom stereocenters. The van der Waals surface area contributed by atoms with Crippen LogP contribution in [-0.4, -0.2) is 30.6 Å². The van der Waals surface area contributed by atoms with Gasteiger partial charge >= 0.3 is 6.03 Å². The average molecular weight is 270 g/mol. The molecule has 0 aromatic rings. The number of carbonyl (C=O) groups excluding carboxylic acids is 1. The number of hydrogen-bond donors (Lipinski definition) is 1. The van der Waals surface area contributed by atoms with Gasteiger partial charge in [0.2, 0.25) is 0 Å². The van der Waals surface area contributed by atoms with Crippen molar-refractivity contribution in [2.45, 2.75) is 62.3 Å². The van der Waals surface area contributed by atoms with Crippen LogP contribution in [0.2, 0.25) is 0 Å². The van der Waals surface area contributed by atoms with E-state index in [-0.39, 0.29) is 22.3 Å². The van der Waals surface area contributed by atoms with Gasteiger partial charge in [-0.05, 0) is 16.2 Å². The van der Waals surface area contributed by atoms with Crippen molar-refractivity contribution < 1.29 is 4.79 Å². The minimum absolute atomic E-state index is 0.0553. The Bertz CT molecular complexity index is 273. The van der Waals surface area contributed by atoms with E-state index in [9.17, 15) is 4.79 Å². The number of amides is 2. The van der Waals surface area contributed by atoms with Gasteiger partial charge in [-0.3, -0.25) is 0 Å². The molecule has 3 nitrogen and oxygen atoms in total. The number of carbonyl (C=O) groups is 1. The largest absolute Gasteiger partial charge is 0.337 e. The van der Waals surface area contributed by atoms with Crippen LogP contribution in [0.1, 0.15) is 62.3 Å². The lowest BCUT2D eigenvalue weighted by atomic mass is 9.92.